The molecule has 29 heavy (non-hydrogen) atoms. The van der Waals surface area contributed by atoms with Crippen LogP contribution in [0.3, 0.4) is 0 Å². The summed E-state index contributed by atoms with van der Waals surface area (Å²) in [5.74, 6) is 2.11. The summed E-state index contributed by atoms with van der Waals surface area (Å²) in [6, 6.07) is 6.45. The third kappa shape index (κ3) is 7.81. The molecule has 1 aliphatic heterocycles. The predicted octanol–water partition coefficient (Wildman–Crippen LogP) is 1.14. The zero-order valence-electron chi connectivity index (χ0n) is 17.9. The molecule has 1 aromatic carbocycles. The number of methoxy groups -OCH3 is 1. The summed E-state index contributed by atoms with van der Waals surface area (Å²) in [6.07, 6.45) is 3.87. The molecular formula is C21H35N5O3. The molecule has 4 N–H and O–H groups in total. The average Bonchev–Trinajstić information content (AvgIpc) is 2.71. The average molecular weight is 406 g/mol. The van der Waals surface area contributed by atoms with E-state index in [1.807, 2.05) is 13.0 Å². The van der Waals surface area contributed by atoms with Gasteiger partial charge >= 0.3 is 0 Å². The van der Waals surface area contributed by atoms with Crippen LogP contribution >= 0.6 is 0 Å². The van der Waals surface area contributed by atoms with E-state index in [9.17, 15) is 4.79 Å². The Morgan fingerprint density at radius 1 is 1.31 bits per heavy atom. The normalized spacial score (nSPS) is 15.8. The molecule has 1 aromatic rings. The van der Waals surface area contributed by atoms with Crippen molar-refractivity contribution in [2.24, 2.45) is 10.7 Å². The number of hydrogen-bond acceptors (Lipinski definition) is 5. The van der Waals surface area contributed by atoms with Gasteiger partial charge in [-0.25, -0.2) is 0 Å². The van der Waals surface area contributed by atoms with Crippen LogP contribution in [0, 0.1) is 0 Å². The first-order valence-corrected chi connectivity index (χ1v) is 10.3. The van der Waals surface area contributed by atoms with Gasteiger partial charge in [-0.1, -0.05) is 6.07 Å². The zero-order valence-corrected chi connectivity index (χ0v) is 17.9. The number of rotatable bonds is 10. The van der Waals surface area contributed by atoms with Crippen LogP contribution in [0.2, 0.25) is 0 Å². The Balaban J connectivity index is 1.71. The van der Waals surface area contributed by atoms with Gasteiger partial charge in [0.1, 0.15) is 0 Å². The van der Waals surface area contributed by atoms with Crippen LogP contribution in [0.25, 0.3) is 0 Å². The van der Waals surface area contributed by atoms with E-state index in [0.29, 0.717) is 19.2 Å². The second kappa shape index (κ2) is 12.2. The van der Waals surface area contributed by atoms with Crippen molar-refractivity contribution < 1.29 is 14.3 Å². The van der Waals surface area contributed by atoms with Crippen molar-refractivity contribution in [3.63, 3.8) is 0 Å². The Kier molecular flexibility index (Phi) is 9.56. The number of aliphatic imine (C=N–C) groups is 1. The Morgan fingerprint density at radius 3 is 2.69 bits per heavy atom. The van der Waals surface area contributed by atoms with Crippen LogP contribution in [0.5, 0.6) is 11.5 Å². The summed E-state index contributed by atoms with van der Waals surface area (Å²) >= 11 is 0. The van der Waals surface area contributed by atoms with Crippen molar-refractivity contribution in [1.29, 1.82) is 0 Å². The summed E-state index contributed by atoms with van der Waals surface area (Å²) in [5, 5.41) is 6.87. The number of carbonyl (C=O) groups is 1. The van der Waals surface area contributed by atoms with Gasteiger partial charge in [0.05, 0.1) is 20.3 Å². The van der Waals surface area contributed by atoms with Gasteiger partial charge < -0.3 is 25.8 Å². The quantitative estimate of drug-likeness (QED) is 0.307. The minimum Gasteiger partial charge on any atom is -0.493 e. The maximum Gasteiger partial charge on any atom is 0.231 e. The third-order valence-corrected chi connectivity index (χ3v) is 4.99. The number of nitrogens with two attached hydrogens (primary N) is 1. The summed E-state index contributed by atoms with van der Waals surface area (Å²) < 4.78 is 11.0. The number of nitrogens with zero attached hydrogens (tertiary/aromatic N) is 2. The number of guanidine groups is 1. The van der Waals surface area contributed by atoms with Crippen molar-refractivity contribution in [3.8, 4) is 11.5 Å². The van der Waals surface area contributed by atoms with E-state index in [1.165, 1.54) is 5.56 Å². The Bertz CT molecular complexity index is 672. The molecule has 8 heteroatoms. The van der Waals surface area contributed by atoms with E-state index in [0.717, 1.165) is 62.8 Å². The second-order valence-electron chi connectivity index (χ2n) is 7.18. The summed E-state index contributed by atoms with van der Waals surface area (Å²) in [6.45, 7) is 5.50. The first kappa shape index (κ1) is 22.8. The van der Waals surface area contributed by atoms with Crippen molar-refractivity contribution in [2.75, 3.05) is 46.9 Å². The first-order chi connectivity index (χ1) is 14.0. The van der Waals surface area contributed by atoms with Crippen LogP contribution in [0.1, 0.15) is 31.7 Å². The summed E-state index contributed by atoms with van der Waals surface area (Å²) in [7, 11) is 3.44. The molecule has 162 valence electrons. The van der Waals surface area contributed by atoms with Gasteiger partial charge in [-0.15, -0.1) is 0 Å². The number of likely N-dealkylation sites (tertiary alicyclic amines) is 1. The second-order valence-corrected chi connectivity index (χ2v) is 7.18. The SMILES string of the molecule is CCOc1cc(CCCNC(=NC)NC2CCN(CC(N)=O)CC2)ccc1OC. The molecule has 1 heterocycles. The fourth-order valence-electron chi connectivity index (χ4n) is 3.49. The fourth-order valence-corrected chi connectivity index (χ4v) is 3.49. The van der Waals surface area contributed by atoms with Crippen molar-refractivity contribution in [3.05, 3.63) is 23.8 Å². The van der Waals surface area contributed by atoms with Crippen molar-refractivity contribution in [1.82, 2.24) is 15.5 Å². The van der Waals surface area contributed by atoms with Gasteiger partial charge in [0.25, 0.3) is 0 Å². The molecule has 0 saturated carbocycles. The predicted molar refractivity (Wildman–Crippen MR) is 116 cm³/mol. The molecule has 0 atom stereocenters. The lowest BCUT2D eigenvalue weighted by molar-refractivity contribution is -0.119. The number of amides is 1. The van der Waals surface area contributed by atoms with E-state index in [-0.39, 0.29) is 5.91 Å². The molecule has 1 amide bonds. The lowest BCUT2D eigenvalue weighted by Gasteiger charge is -2.32. The number of piperidine rings is 1. The lowest BCUT2D eigenvalue weighted by Crippen LogP contribution is -2.49. The molecule has 0 aromatic heterocycles. The van der Waals surface area contributed by atoms with E-state index >= 15 is 0 Å². The highest BCUT2D eigenvalue weighted by molar-refractivity contribution is 5.80. The maximum absolute atomic E-state index is 11.0. The van der Waals surface area contributed by atoms with E-state index < -0.39 is 0 Å². The standard InChI is InChI=1S/C21H35N5O3/c1-4-29-19-14-16(7-8-18(19)28-3)6-5-11-24-21(23-2)25-17-9-12-26(13-10-17)15-20(22)27/h7-8,14,17H,4-6,9-13,15H2,1-3H3,(H2,22,27)(H2,23,24,25). The highest BCUT2D eigenvalue weighted by atomic mass is 16.5. The van der Waals surface area contributed by atoms with Crippen LogP contribution < -0.4 is 25.8 Å². The summed E-state index contributed by atoms with van der Waals surface area (Å²) in [5.41, 5.74) is 6.49. The smallest absolute Gasteiger partial charge is 0.231 e. The molecule has 0 aliphatic carbocycles. The molecule has 1 aliphatic rings. The minimum atomic E-state index is -0.265. The minimum absolute atomic E-state index is 0.265. The third-order valence-electron chi connectivity index (χ3n) is 4.99. The van der Waals surface area contributed by atoms with Gasteiger partial charge in [0.2, 0.25) is 5.91 Å². The molecule has 1 fully saturated rings. The van der Waals surface area contributed by atoms with Gasteiger partial charge in [0, 0.05) is 32.7 Å². The highest BCUT2D eigenvalue weighted by Crippen LogP contribution is 2.28. The molecular weight excluding hydrogens is 370 g/mol. The first-order valence-electron chi connectivity index (χ1n) is 10.3. The van der Waals surface area contributed by atoms with Crippen molar-refractivity contribution >= 4 is 11.9 Å². The molecule has 1 saturated heterocycles. The molecule has 0 unspecified atom stereocenters. The molecule has 2 rings (SSSR count). The molecule has 0 bridgehead atoms. The van der Waals surface area contributed by atoms with E-state index in [2.05, 4.69) is 32.7 Å². The number of hydrogen-bond donors (Lipinski definition) is 3. The fraction of sp³-hybridized carbons (Fsp3) is 0.619. The number of ether oxygens (including phenoxy) is 2. The van der Waals surface area contributed by atoms with Crippen LogP contribution in [0.4, 0.5) is 0 Å². The Morgan fingerprint density at radius 2 is 2.07 bits per heavy atom. The topological polar surface area (TPSA) is 101 Å². The highest BCUT2D eigenvalue weighted by Gasteiger charge is 2.20. The van der Waals surface area contributed by atoms with E-state index in [1.54, 1.807) is 14.2 Å². The number of carbonyl (C=O) groups excluding carboxylic acids is 1. The number of aryl methyl sites for hydroxylation is 1. The van der Waals surface area contributed by atoms with Gasteiger partial charge in [-0.05, 0) is 50.3 Å². The Labute approximate surface area is 173 Å². The van der Waals surface area contributed by atoms with Crippen molar-refractivity contribution in [2.45, 2.75) is 38.6 Å². The molecule has 0 radical (unpaired) electrons. The number of benzene rings is 1. The zero-order chi connectivity index (χ0) is 21.1. The monoisotopic (exact) mass is 405 g/mol. The Hall–Kier alpha value is -2.48. The molecule has 8 nitrogen and oxygen atoms in total. The maximum atomic E-state index is 11.0. The van der Waals surface area contributed by atoms with Crippen LogP contribution in [-0.4, -0.2) is 69.8 Å². The molecule has 0 spiro atoms. The number of nitrogens with one attached hydrogen (secondary N) is 2. The lowest BCUT2D eigenvalue weighted by atomic mass is 10.1. The number of primary amides is 1. The van der Waals surface area contributed by atoms with Gasteiger partial charge in [0.15, 0.2) is 17.5 Å². The van der Waals surface area contributed by atoms with Crippen LogP contribution in [-0.2, 0) is 11.2 Å². The largest absolute Gasteiger partial charge is 0.493 e. The van der Waals surface area contributed by atoms with E-state index in [4.69, 9.17) is 15.2 Å². The van der Waals surface area contributed by atoms with Gasteiger partial charge in [-0.3, -0.25) is 14.7 Å². The summed E-state index contributed by atoms with van der Waals surface area (Å²) in [4.78, 5) is 17.5. The van der Waals surface area contributed by atoms with Gasteiger partial charge in [-0.2, -0.15) is 0 Å². The van der Waals surface area contributed by atoms with Crippen LogP contribution in [0.15, 0.2) is 23.2 Å².